The van der Waals surface area contributed by atoms with Crippen molar-refractivity contribution in [2.75, 3.05) is 0 Å². The van der Waals surface area contributed by atoms with Crippen molar-refractivity contribution in [3.63, 3.8) is 0 Å². The lowest BCUT2D eigenvalue weighted by Crippen LogP contribution is -1.98. The van der Waals surface area contributed by atoms with Gasteiger partial charge < -0.3 is 0 Å². The van der Waals surface area contributed by atoms with Gasteiger partial charge in [0.2, 0.25) is 0 Å². The van der Waals surface area contributed by atoms with Crippen LogP contribution in [0.25, 0.3) is 22.3 Å². The van der Waals surface area contributed by atoms with Gasteiger partial charge in [-0.2, -0.15) is 0 Å². The number of nitrogens with zero attached hydrogens (tertiary/aromatic N) is 3. The first-order chi connectivity index (χ1) is 10.2. The molecule has 0 aliphatic carbocycles. The van der Waals surface area contributed by atoms with Crippen LogP contribution >= 0.6 is 11.6 Å². The molecule has 3 rings (SSSR count). The molecule has 102 valence electrons. The molecule has 1 heterocycles. The van der Waals surface area contributed by atoms with E-state index in [0.29, 0.717) is 21.7 Å². The molecule has 0 unspecified atom stereocenters. The van der Waals surface area contributed by atoms with Gasteiger partial charge in [0.05, 0.1) is 23.0 Å². The highest BCUT2D eigenvalue weighted by molar-refractivity contribution is 6.30. The van der Waals surface area contributed by atoms with E-state index < -0.39 is 5.91 Å². The highest BCUT2D eigenvalue weighted by atomic mass is 35.5. The fourth-order valence-corrected chi connectivity index (χ4v) is 2.14. The first kappa shape index (κ1) is 13.3. The number of benzene rings is 2. The summed E-state index contributed by atoms with van der Waals surface area (Å²) in [5.41, 5.74) is 2.43. The van der Waals surface area contributed by atoms with E-state index in [9.17, 15) is 9.70 Å². The van der Waals surface area contributed by atoms with Crippen molar-refractivity contribution in [1.82, 2.24) is 9.97 Å². The molecular weight excluding hydrogens is 290 g/mol. The van der Waals surface area contributed by atoms with Gasteiger partial charge in [-0.05, 0) is 24.3 Å². The summed E-state index contributed by atoms with van der Waals surface area (Å²) in [6.07, 6.45) is 1.61. The van der Waals surface area contributed by atoms with E-state index in [1.165, 1.54) is 6.07 Å². The maximum absolute atomic E-state index is 11.6. The van der Waals surface area contributed by atoms with Crippen LogP contribution < -0.4 is 0 Å². The molecular formula is C15H8ClN3O2. The standard InChI is InChI=1S/C15H8ClN3O2/c16-10-6-4-9(5-7-10)13-8-17-12-3-1-2-11(14(12)18-13)15(20)19-21/h1-8H. The monoisotopic (exact) mass is 297 g/mol. The van der Waals surface area contributed by atoms with Crippen LogP contribution in [0.2, 0.25) is 5.02 Å². The van der Waals surface area contributed by atoms with Gasteiger partial charge in [0.25, 0.3) is 0 Å². The predicted octanol–water partition coefficient (Wildman–Crippen LogP) is 3.86. The Hall–Kier alpha value is -2.66. The van der Waals surface area contributed by atoms with Crippen molar-refractivity contribution in [2.45, 2.75) is 0 Å². The van der Waals surface area contributed by atoms with Crippen LogP contribution in [0.3, 0.4) is 0 Å². The maximum Gasteiger partial charge on any atom is 0.319 e. The van der Waals surface area contributed by atoms with E-state index in [4.69, 9.17) is 11.6 Å². The second-order valence-corrected chi connectivity index (χ2v) is 4.77. The van der Waals surface area contributed by atoms with Crippen LogP contribution in [0.5, 0.6) is 0 Å². The molecule has 6 heteroatoms. The van der Waals surface area contributed by atoms with Gasteiger partial charge >= 0.3 is 5.91 Å². The predicted molar refractivity (Wildman–Crippen MR) is 80.1 cm³/mol. The zero-order chi connectivity index (χ0) is 14.8. The number of para-hydroxylation sites is 1. The van der Waals surface area contributed by atoms with Gasteiger partial charge in [-0.3, -0.25) is 9.78 Å². The third-order valence-corrected chi connectivity index (χ3v) is 3.28. The summed E-state index contributed by atoms with van der Waals surface area (Å²) >= 11 is 5.85. The van der Waals surface area contributed by atoms with Crippen LogP contribution in [0.1, 0.15) is 10.4 Å². The van der Waals surface area contributed by atoms with Crippen LogP contribution in [-0.4, -0.2) is 15.9 Å². The Balaban J connectivity index is 2.20. The Bertz CT molecular complexity index is 847. The molecule has 0 fully saturated rings. The molecule has 0 saturated carbocycles. The molecule has 0 radical (unpaired) electrons. The minimum absolute atomic E-state index is 0.144. The van der Waals surface area contributed by atoms with Gasteiger partial charge in [0, 0.05) is 15.8 Å². The normalized spacial score (nSPS) is 10.5. The third-order valence-electron chi connectivity index (χ3n) is 3.03. The SMILES string of the molecule is O=NC(=O)c1cccc2ncc(-c3ccc(Cl)cc3)nc12. The van der Waals surface area contributed by atoms with Crippen molar-refractivity contribution in [3.8, 4) is 11.3 Å². The Labute approximate surface area is 124 Å². The van der Waals surface area contributed by atoms with Crippen molar-refractivity contribution >= 4 is 28.5 Å². The maximum atomic E-state index is 11.6. The first-order valence-corrected chi connectivity index (χ1v) is 6.46. The molecule has 3 aromatic rings. The second kappa shape index (κ2) is 5.38. The van der Waals surface area contributed by atoms with Gasteiger partial charge in [-0.1, -0.05) is 29.8 Å². The summed E-state index contributed by atoms with van der Waals surface area (Å²) < 4.78 is 0. The van der Waals surface area contributed by atoms with E-state index in [-0.39, 0.29) is 5.56 Å². The largest absolute Gasteiger partial charge is 0.319 e. The number of hydrogen-bond acceptors (Lipinski definition) is 4. The molecule has 0 bridgehead atoms. The Morgan fingerprint density at radius 2 is 1.86 bits per heavy atom. The molecule has 2 aromatic carbocycles. The minimum atomic E-state index is -0.858. The zero-order valence-electron chi connectivity index (χ0n) is 10.7. The molecule has 0 spiro atoms. The van der Waals surface area contributed by atoms with E-state index in [1.54, 1.807) is 42.6 Å². The third kappa shape index (κ3) is 2.51. The Morgan fingerprint density at radius 1 is 1.10 bits per heavy atom. The average Bonchev–Trinajstić information content (AvgIpc) is 2.54. The quantitative estimate of drug-likeness (QED) is 0.673. The molecule has 0 N–H and O–H groups in total. The van der Waals surface area contributed by atoms with E-state index in [0.717, 1.165) is 5.56 Å². The zero-order valence-corrected chi connectivity index (χ0v) is 11.4. The summed E-state index contributed by atoms with van der Waals surface area (Å²) in [6, 6.07) is 12.0. The molecule has 1 amide bonds. The van der Waals surface area contributed by atoms with Crippen molar-refractivity contribution in [2.24, 2.45) is 5.18 Å². The molecule has 21 heavy (non-hydrogen) atoms. The number of carbonyl (C=O) groups is 1. The molecule has 0 saturated heterocycles. The van der Waals surface area contributed by atoms with Gasteiger partial charge in [0.1, 0.15) is 5.52 Å². The van der Waals surface area contributed by atoms with E-state index in [2.05, 4.69) is 15.1 Å². The summed E-state index contributed by atoms with van der Waals surface area (Å²) in [5.74, 6) is -0.858. The molecule has 0 aliphatic heterocycles. The lowest BCUT2D eigenvalue weighted by Gasteiger charge is -2.05. The number of rotatable bonds is 2. The van der Waals surface area contributed by atoms with Gasteiger partial charge in [-0.25, -0.2) is 4.98 Å². The number of nitroso groups, excluding NO2 is 1. The fraction of sp³-hybridized carbons (Fsp3) is 0. The summed E-state index contributed by atoms with van der Waals surface area (Å²) in [4.78, 5) is 30.7. The lowest BCUT2D eigenvalue weighted by atomic mass is 10.1. The highest BCUT2D eigenvalue weighted by Gasteiger charge is 2.13. The highest BCUT2D eigenvalue weighted by Crippen LogP contribution is 2.23. The van der Waals surface area contributed by atoms with Gasteiger partial charge in [0.15, 0.2) is 0 Å². The molecule has 0 aliphatic rings. The number of amides is 1. The van der Waals surface area contributed by atoms with Crippen LogP contribution in [0, 0.1) is 4.91 Å². The topological polar surface area (TPSA) is 72.3 Å². The van der Waals surface area contributed by atoms with E-state index >= 15 is 0 Å². The van der Waals surface area contributed by atoms with Crippen LogP contribution in [0.4, 0.5) is 0 Å². The number of hydrogen-bond donors (Lipinski definition) is 0. The molecule has 1 aromatic heterocycles. The van der Waals surface area contributed by atoms with Crippen LogP contribution in [0.15, 0.2) is 53.8 Å². The van der Waals surface area contributed by atoms with Gasteiger partial charge in [-0.15, -0.1) is 4.91 Å². The number of aromatic nitrogens is 2. The second-order valence-electron chi connectivity index (χ2n) is 4.33. The average molecular weight is 298 g/mol. The first-order valence-electron chi connectivity index (χ1n) is 6.08. The van der Waals surface area contributed by atoms with Crippen molar-refractivity contribution < 1.29 is 4.79 Å². The lowest BCUT2D eigenvalue weighted by molar-refractivity contribution is 0.100. The summed E-state index contributed by atoms with van der Waals surface area (Å²) in [5, 5.41) is 3.07. The molecule has 0 atom stereocenters. The minimum Gasteiger partial charge on any atom is -0.263 e. The summed E-state index contributed by atoms with van der Waals surface area (Å²) in [6.45, 7) is 0. The fourth-order valence-electron chi connectivity index (χ4n) is 2.01. The molecule has 5 nitrogen and oxygen atoms in total. The number of fused-ring (bicyclic) bond motifs is 1. The van der Waals surface area contributed by atoms with Crippen molar-refractivity contribution in [3.05, 3.63) is 64.2 Å². The van der Waals surface area contributed by atoms with Crippen molar-refractivity contribution in [1.29, 1.82) is 0 Å². The Morgan fingerprint density at radius 3 is 2.57 bits per heavy atom. The number of halogens is 1. The number of carbonyl (C=O) groups excluding carboxylic acids is 1. The summed E-state index contributed by atoms with van der Waals surface area (Å²) in [7, 11) is 0. The van der Waals surface area contributed by atoms with E-state index in [1.807, 2.05) is 0 Å². The van der Waals surface area contributed by atoms with Crippen LogP contribution in [-0.2, 0) is 0 Å². The Kier molecular flexibility index (Phi) is 3.41. The smallest absolute Gasteiger partial charge is 0.263 e.